The molecule has 0 radical (unpaired) electrons. The highest BCUT2D eigenvalue weighted by molar-refractivity contribution is 9.09. The predicted octanol–water partition coefficient (Wildman–Crippen LogP) is 1.06. The molecule has 0 amide bonds. The van der Waals surface area contributed by atoms with E-state index >= 15 is 0 Å². The molecule has 0 aromatic carbocycles. The summed E-state index contributed by atoms with van der Waals surface area (Å²) in [6.07, 6.45) is 1.51. The van der Waals surface area contributed by atoms with Gasteiger partial charge in [-0.3, -0.25) is 0 Å². The van der Waals surface area contributed by atoms with Crippen molar-refractivity contribution in [3.63, 3.8) is 0 Å². The van der Waals surface area contributed by atoms with Crippen LogP contribution in [0, 0.1) is 0 Å². The van der Waals surface area contributed by atoms with Gasteiger partial charge in [0.05, 0.1) is 6.10 Å². The van der Waals surface area contributed by atoms with Crippen molar-refractivity contribution in [2.45, 2.75) is 18.9 Å². The molecule has 0 aromatic rings. The largest absolute Gasteiger partial charge is 0.392 e. The van der Waals surface area contributed by atoms with E-state index in [2.05, 4.69) is 15.9 Å². The summed E-state index contributed by atoms with van der Waals surface area (Å²) in [5.41, 5.74) is 5.15. The summed E-state index contributed by atoms with van der Waals surface area (Å²) >= 11 is 3.26. The highest BCUT2D eigenvalue weighted by atomic mass is 79.9. The van der Waals surface area contributed by atoms with Gasteiger partial charge >= 0.3 is 0 Å². The Morgan fingerprint density at radius 1 is 1.56 bits per heavy atom. The van der Waals surface area contributed by atoms with Gasteiger partial charge < -0.3 is 10.8 Å². The first-order valence-electron chi connectivity index (χ1n) is 2.75. The van der Waals surface area contributed by atoms with Crippen LogP contribution in [0.5, 0.6) is 0 Å². The average Bonchev–Trinajstić information content (AvgIpc) is 1.83. The van der Waals surface area contributed by atoms with E-state index in [0.717, 1.165) is 18.2 Å². The van der Waals surface area contributed by atoms with Crippen LogP contribution in [0.3, 0.4) is 0 Å². The van der Waals surface area contributed by atoms with Crippen molar-refractivity contribution >= 4 is 32.9 Å². The second-order valence-electron chi connectivity index (χ2n) is 1.72. The molecule has 0 saturated carbocycles. The highest BCUT2D eigenvalue weighted by Gasteiger charge is 1.97. The highest BCUT2D eigenvalue weighted by Crippen LogP contribution is 1.97. The summed E-state index contributed by atoms with van der Waals surface area (Å²) in [5.74, 6) is 0. The zero-order valence-electron chi connectivity index (χ0n) is 5.22. The van der Waals surface area contributed by atoms with Gasteiger partial charge in [-0.25, -0.2) is 0 Å². The van der Waals surface area contributed by atoms with Gasteiger partial charge in [0.1, 0.15) is 0 Å². The van der Waals surface area contributed by atoms with Crippen molar-refractivity contribution in [1.29, 1.82) is 0 Å². The van der Waals surface area contributed by atoms with Crippen LogP contribution in [-0.4, -0.2) is 23.1 Å². The lowest BCUT2D eigenvalue weighted by molar-refractivity contribution is 0.172. The summed E-state index contributed by atoms with van der Waals surface area (Å²) < 4.78 is 0. The van der Waals surface area contributed by atoms with Crippen LogP contribution in [-0.2, 0) is 0 Å². The summed E-state index contributed by atoms with van der Waals surface area (Å²) in [6.45, 7) is 0.382. The minimum Gasteiger partial charge on any atom is -0.392 e. The Bertz CT molecular complexity index is 54.2. The Morgan fingerprint density at radius 3 is 2.44 bits per heavy atom. The third kappa shape index (κ3) is 8.88. The number of hydrogen-bond acceptors (Lipinski definition) is 2. The zero-order chi connectivity index (χ0) is 6.41. The fourth-order valence-corrected chi connectivity index (χ4v) is 0.754. The monoisotopic (exact) mass is 261 g/mol. The molecule has 0 saturated heterocycles. The Balaban J connectivity index is 0. The molecular formula is C5H13Br2NO. The summed E-state index contributed by atoms with van der Waals surface area (Å²) in [4.78, 5) is 0. The minimum atomic E-state index is -0.299. The quantitative estimate of drug-likeness (QED) is 0.745. The van der Waals surface area contributed by atoms with E-state index in [4.69, 9.17) is 10.8 Å². The zero-order valence-corrected chi connectivity index (χ0v) is 8.52. The Kier molecular flexibility index (Phi) is 12.4. The minimum absolute atomic E-state index is 0. The van der Waals surface area contributed by atoms with Crippen molar-refractivity contribution < 1.29 is 5.11 Å². The molecule has 1 unspecified atom stereocenters. The fraction of sp³-hybridized carbons (Fsp3) is 1.00. The molecule has 0 aliphatic carbocycles. The normalized spacial score (nSPS) is 12.3. The molecule has 0 spiro atoms. The smallest absolute Gasteiger partial charge is 0.0662 e. The molecule has 0 fully saturated rings. The summed E-state index contributed by atoms with van der Waals surface area (Å²) in [7, 11) is 0. The van der Waals surface area contributed by atoms with Crippen LogP contribution >= 0.6 is 32.9 Å². The van der Waals surface area contributed by atoms with Crippen molar-refractivity contribution in [2.24, 2.45) is 5.73 Å². The van der Waals surface area contributed by atoms with Crippen LogP contribution < -0.4 is 5.73 Å². The molecular weight excluding hydrogens is 250 g/mol. The van der Waals surface area contributed by atoms with E-state index in [1.807, 2.05) is 0 Å². The Morgan fingerprint density at radius 2 is 2.11 bits per heavy atom. The van der Waals surface area contributed by atoms with Crippen LogP contribution in [0.15, 0.2) is 0 Å². The average molecular weight is 263 g/mol. The number of nitrogens with two attached hydrogens (primary N) is 1. The topological polar surface area (TPSA) is 46.2 Å². The molecule has 3 N–H and O–H groups in total. The number of aliphatic hydroxyl groups excluding tert-OH is 1. The molecule has 0 heterocycles. The standard InChI is InChI=1S/C5H12BrNO.BrH/c6-3-1-2-5(8)4-7;/h5,8H,1-4,7H2;1H. The summed E-state index contributed by atoms with van der Waals surface area (Å²) in [5, 5.41) is 9.79. The summed E-state index contributed by atoms with van der Waals surface area (Å²) in [6, 6.07) is 0. The fourth-order valence-electron chi connectivity index (χ4n) is 0.431. The van der Waals surface area contributed by atoms with E-state index in [-0.39, 0.29) is 23.1 Å². The maximum atomic E-state index is 8.84. The van der Waals surface area contributed by atoms with Crippen LogP contribution in [0.25, 0.3) is 0 Å². The van der Waals surface area contributed by atoms with E-state index in [9.17, 15) is 0 Å². The molecule has 0 rings (SSSR count). The molecule has 0 aromatic heterocycles. The lowest BCUT2D eigenvalue weighted by Gasteiger charge is -2.03. The molecule has 4 heteroatoms. The van der Waals surface area contributed by atoms with Gasteiger partial charge in [-0.2, -0.15) is 0 Å². The van der Waals surface area contributed by atoms with Gasteiger partial charge in [0.2, 0.25) is 0 Å². The van der Waals surface area contributed by atoms with Crippen LogP contribution in [0.2, 0.25) is 0 Å². The first-order valence-corrected chi connectivity index (χ1v) is 3.87. The van der Waals surface area contributed by atoms with Crippen molar-refractivity contribution in [3.05, 3.63) is 0 Å². The molecule has 1 atom stereocenters. The maximum Gasteiger partial charge on any atom is 0.0662 e. The first kappa shape index (κ1) is 12.5. The van der Waals surface area contributed by atoms with Crippen LogP contribution in [0.1, 0.15) is 12.8 Å². The first-order chi connectivity index (χ1) is 3.81. The van der Waals surface area contributed by atoms with Gasteiger partial charge in [0.25, 0.3) is 0 Å². The molecule has 2 nitrogen and oxygen atoms in total. The lowest BCUT2D eigenvalue weighted by Crippen LogP contribution is -2.19. The van der Waals surface area contributed by atoms with Gasteiger partial charge in [-0.05, 0) is 12.8 Å². The van der Waals surface area contributed by atoms with E-state index in [1.165, 1.54) is 0 Å². The van der Waals surface area contributed by atoms with Gasteiger partial charge in [-0.15, -0.1) is 17.0 Å². The van der Waals surface area contributed by atoms with Gasteiger partial charge in [-0.1, -0.05) is 15.9 Å². The van der Waals surface area contributed by atoms with E-state index in [0.29, 0.717) is 6.54 Å². The molecule has 0 bridgehead atoms. The number of halogens is 2. The predicted molar refractivity (Wildman–Crippen MR) is 48.4 cm³/mol. The molecule has 58 valence electrons. The van der Waals surface area contributed by atoms with Crippen molar-refractivity contribution in [1.82, 2.24) is 0 Å². The lowest BCUT2D eigenvalue weighted by atomic mass is 10.2. The van der Waals surface area contributed by atoms with Crippen LogP contribution in [0.4, 0.5) is 0 Å². The third-order valence-electron chi connectivity index (χ3n) is 0.943. The van der Waals surface area contributed by atoms with Gasteiger partial charge in [0.15, 0.2) is 0 Å². The van der Waals surface area contributed by atoms with Crippen molar-refractivity contribution in [3.8, 4) is 0 Å². The SMILES string of the molecule is Br.NCC(O)CCCBr. The van der Waals surface area contributed by atoms with Crippen molar-refractivity contribution in [2.75, 3.05) is 11.9 Å². The number of hydrogen-bond donors (Lipinski definition) is 2. The Labute approximate surface area is 74.7 Å². The van der Waals surface area contributed by atoms with E-state index in [1.54, 1.807) is 0 Å². The Hall–Kier alpha value is 0.880. The van der Waals surface area contributed by atoms with E-state index < -0.39 is 0 Å². The third-order valence-corrected chi connectivity index (χ3v) is 1.50. The molecule has 9 heavy (non-hydrogen) atoms. The second-order valence-corrected chi connectivity index (χ2v) is 2.51. The number of aliphatic hydroxyl groups is 1. The maximum absolute atomic E-state index is 8.84. The molecule has 0 aliphatic heterocycles. The molecule has 0 aliphatic rings. The number of rotatable bonds is 4. The van der Waals surface area contributed by atoms with Gasteiger partial charge in [0, 0.05) is 11.9 Å². The second kappa shape index (κ2) is 8.88. The number of alkyl halides is 1.